The minimum absolute atomic E-state index is 0.207. The van der Waals surface area contributed by atoms with Crippen LogP contribution in [-0.4, -0.2) is 11.5 Å². The Morgan fingerprint density at radius 2 is 2.12 bits per heavy atom. The quantitative estimate of drug-likeness (QED) is 0.751. The summed E-state index contributed by atoms with van der Waals surface area (Å²) in [5, 5.41) is 1.08. The summed E-state index contributed by atoms with van der Waals surface area (Å²) < 4.78 is 5.47. The van der Waals surface area contributed by atoms with E-state index in [1.807, 2.05) is 24.3 Å². The Kier molecular flexibility index (Phi) is 2.33. The number of rotatable bonds is 1. The molecule has 0 aliphatic carbocycles. The molecule has 0 spiro atoms. The number of hydrogen-bond donors (Lipinski definition) is 0. The standard InChI is InChI=1S/C13H10O2S/c14-9-5-6-16-13(7-9)11-8-15-12-4-2-1-3-10(11)12/h1-4,7-8H,5-6H2. The molecule has 0 atom stereocenters. The van der Waals surface area contributed by atoms with Crippen LogP contribution in [0.25, 0.3) is 15.9 Å². The van der Waals surface area contributed by atoms with E-state index in [4.69, 9.17) is 4.42 Å². The Bertz CT molecular complexity index is 580. The van der Waals surface area contributed by atoms with Crippen LogP contribution in [0.3, 0.4) is 0 Å². The van der Waals surface area contributed by atoms with Gasteiger partial charge in [0.05, 0.1) is 0 Å². The number of ketones is 1. The molecule has 2 nitrogen and oxygen atoms in total. The summed E-state index contributed by atoms with van der Waals surface area (Å²) >= 11 is 1.72. The summed E-state index contributed by atoms with van der Waals surface area (Å²) in [7, 11) is 0. The zero-order valence-corrected chi connectivity index (χ0v) is 9.42. The van der Waals surface area contributed by atoms with Gasteiger partial charge in [-0.05, 0) is 12.1 Å². The summed E-state index contributed by atoms with van der Waals surface area (Å²) in [6, 6.07) is 7.89. The van der Waals surface area contributed by atoms with Crippen molar-refractivity contribution in [3.8, 4) is 0 Å². The molecular formula is C13H10O2S. The van der Waals surface area contributed by atoms with Gasteiger partial charge in [-0.3, -0.25) is 4.79 Å². The van der Waals surface area contributed by atoms with Gasteiger partial charge in [-0.2, -0.15) is 0 Å². The molecule has 0 N–H and O–H groups in total. The summed E-state index contributed by atoms with van der Waals surface area (Å²) in [4.78, 5) is 12.4. The summed E-state index contributed by atoms with van der Waals surface area (Å²) in [6.07, 6.45) is 4.11. The Hall–Kier alpha value is -1.48. The van der Waals surface area contributed by atoms with Crippen LogP contribution in [0.15, 0.2) is 41.0 Å². The van der Waals surface area contributed by atoms with Crippen LogP contribution in [0.5, 0.6) is 0 Å². The third-order valence-corrected chi connectivity index (χ3v) is 3.70. The molecule has 0 radical (unpaired) electrons. The fraction of sp³-hybridized carbons (Fsp3) is 0.154. The number of allylic oxidation sites excluding steroid dienone is 1. The largest absolute Gasteiger partial charge is 0.464 e. The van der Waals surface area contributed by atoms with Crippen molar-refractivity contribution in [3.05, 3.63) is 42.2 Å². The molecule has 0 fully saturated rings. The van der Waals surface area contributed by atoms with Crippen molar-refractivity contribution in [2.45, 2.75) is 6.42 Å². The molecule has 3 heteroatoms. The van der Waals surface area contributed by atoms with Gasteiger partial charge in [0.1, 0.15) is 11.8 Å². The van der Waals surface area contributed by atoms with Crippen LogP contribution in [0.1, 0.15) is 12.0 Å². The van der Waals surface area contributed by atoms with E-state index >= 15 is 0 Å². The summed E-state index contributed by atoms with van der Waals surface area (Å²) in [6.45, 7) is 0. The lowest BCUT2D eigenvalue weighted by molar-refractivity contribution is -0.114. The number of thioether (sulfide) groups is 1. The van der Waals surface area contributed by atoms with Crippen molar-refractivity contribution in [1.82, 2.24) is 0 Å². The molecule has 0 unspecified atom stereocenters. The third-order valence-electron chi connectivity index (χ3n) is 2.64. The lowest BCUT2D eigenvalue weighted by Gasteiger charge is -2.09. The van der Waals surface area contributed by atoms with Crippen LogP contribution < -0.4 is 0 Å². The molecule has 3 rings (SSSR count). The number of benzene rings is 1. The lowest BCUT2D eigenvalue weighted by Crippen LogP contribution is -2.01. The van der Waals surface area contributed by atoms with E-state index in [0.29, 0.717) is 6.42 Å². The van der Waals surface area contributed by atoms with Gasteiger partial charge in [-0.25, -0.2) is 0 Å². The first-order valence-corrected chi connectivity index (χ1v) is 6.17. The highest BCUT2D eigenvalue weighted by Gasteiger charge is 2.15. The summed E-state index contributed by atoms with van der Waals surface area (Å²) in [5.41, 5.74) is 1.91. The minimum atomic E-state index is 0.207. The maximum absolute atomic E-state index is 11.4. The van der Waals surface area contributed by atoms with Crippen molar-refractivity contribution in [1.29, 1.82) is 0 Å². The van der Waals surface area contributed by atoms with E-state index in [9.17, 15) is 4.79 Å². The lowest BCUT2D eigenvalue weighted by atomic mass is 10.1. The molecule has 1 aromatic heterocycles. The molecule has 80 valence electrons. The number of fused-ring (bicyclic) bond motifs is 1. The normalized spacial score (nSPS) is 16.5. The number of furan rings is 1. The average molecular weight is 230 g/mol. The molecule has 2 aromatic rings. The predicted molar refractivity (Wildman–Crippen MR) is 66.3 cm³/mol. The highest BCUT2D eigenvalue weighted by atomic mass is 32.2. The molecule has 0 amide bonds. The maximum atomic E-state index is 11.4. The average Bonchev–Trinajstić information content (AvgIpc) is 2.72. The van der Waals surface area contributed by atoms with E-state index < -0.39 is 0 Å². The van der Waals surface area contributed by atoms with E-state index in [1.54, 1.807) is 24.1 Å². The van der Waals surface area contributed by atoms with Crippen LogP contribution in [-0.2, 0) is 4.79 Å². The molecule has 0 saturated heterocycles. The van der Waals surface area contributed by atoms with Crippen LogP contribution >= 0.6 is 11.8 Å². The Morgan fingerprint density at radius 3 is 3.00 bits per heavy atom. The zero-order chi connectivity index (χ0) is 11.0. The Labute approximate surface area is 97.3 Å². The third kappa shape index (κ3) is 1.57. The van der Waals surface area contributed by atoms with E-state index in [-0.39, 0.29) is 5.78 Å². The van der Waals surface area contributed by atoms with Gasteiger partial charge in [0.25, 0.3) is 0 Å². The van der Waals surface area contributed by atoms with Crippen LogP contribution in [0, 0.1) is 0 Å². The van der Waals surface area contributed by atoms with Gasteiger partial charge in [-0.15, -0.1) is 11.8 Å². The highest BCUT2D eigenvalue weighted by molar-refractivity contribution is 8.08. The van der Waals surface area contributed by atoms with Crippen LogP contribution in [0.4, 0.5) is 0 Å². The zero-order valence-electron chi connectivity index (χ0n) is 8.60. The van der Waals surface area contributed by atoms with E-state index in [2.05, 4.69) is 0 Å². The SMILES string of the molecule is O=C1C=C(c2coc3ccccc23)SCC1. The van der Waals surface area contributed by atoms with Crippen molar-refractivity contribution in [2.75, 3.05) is 5.75 Å². The van der Waals surface area contributed by atoms with Gasteiger partial charge >= 0.3 is 0 Å². The van der Waals surface area contributed by atoms with Crippen molar-refractivity contribution in [2.24, 2.45) is 0 Å². The van der Waals surface area contributed by atoms with Crippen LogP contribution in [0.2, 0.25) is 0 Å². The second-order valence-electron chi connectivity index (χ2n) is 3.72. The molecular weight excluding hydrogens is 220 g/mol. The van der Waals surface area contributed by atoms with Gasteiger partial charge < -0.3 is 4.42 Å². The molecule has 0 saturated carbocycles. The van der Waals surface area contributed by atoms with Gasteiger partial charge in [0, 0.05) is 28.0 Å². The number of carbonyl (C=O) groups is 1. The van der Waals surface area contributed by atoms with E-state index in [1.165, 1.54) is 0 Å². The molecule has 0 bridgehead atoms. The van der Waals surface area contributed by atoms with E-state index in [0.717, 1.165) is 27.2 Å². The van der Waals surface area contributed by atoms with Crippen molar-refractivity contribution < 1.29 is 9.21 Å². The highest BCUT2D eigenvalue weighted by Crippen LogP contribution is 2.36. The topological polar surface area (TPSA) is 30.2 Å². The molecule has 16 heavy (non-hydrogen) atoms. The number of para-hydroxylation sites is 1. The fourth-order valence-electron chi connectivity index (χ4n) is 1.85. The first-order valence-electron chi connectivity index (χ1n) is 5.18. The first-order chi connectivity index (χ1) is 7.84. The van der Waals surface area contributed by atoms with Gasteiger partial charge in [0.15, 0.2) is 5.78 Å². The molecule has 2 heterocycles. The maximum Gasteiger partial charge on any atom is 0.157 e. The number of hydrogen-bond acceptors (Lipinski definition) is 3. The monoisotopic (exact) mass is 230 g/mol. The van der Waals surface area contributed by atoms with Gasteiger partial charge in [-0.1, -0.05) is 18.2 Å². The first kappa shape index (κ1) is 9.73. The Balaban J connectivity index is 2.15. The second kappa shape index (κ2) is 3.83. The molecule has 1 aromatic carbocycles. The smallest absolute Gasteiger partial charge is 0.157 e. The fourth-order valence-corrected chi connectivity index (χ4v) is 2.90. The van der Waals surface area contributed by atoms with Gasteiger partial charge in [0.2, 0.25) is 0 Å². The Morgan fingerprint density at radius 1 is 1.25 bits per heavy atom. The van der Waals surface area contributed by atoms with Crippen molar-refractivity contribution in [3.63, 3.8) is 0 Å². The second-order valence-corrected chi connectivity index (χ2v) is 4.86. The minimum Gasteiger partial charge on any atom is -0.464 e. The summed E-state index contributed by atoms with van der Waals surface area (Å²) in [5.74, 6) is 1.07. The number of carbonyl (C=O) groups excluding carboxylic acids is 1. The predicted octanol–water partition coefficient (Wildman–Crippen LogP) is 3.48. The molecule has 1 aliphatic rings. The molecule has 1 aliphatic heterocycles. The van der Waals surface area contributed by atoms with Crippen molar-refractivity contribution >= 4 is 33.4 Å².